The Balaban J connectivity index is 2.54. The first-order valence-electron chi connectivity index (χ1n) is 4.75. The maximum Gasteiger partial charge on any atom is 0.406 e. The number of amides is 1. The number of nitrogens with zero attached hydrogens (tertiary/aromatic N) is 1. The van der Waals surface area contributed by atoms with Crippen molar-refractivity contribution in [3.8, 4) is 0 Å². The number of hydrogen-bond acceptors (Lipinski definition) is 3. The summed E-state index contributed by atoms with van der Waals surface area (Å²) in [6.45, 7) is -0.921. The first-order chi connectivity index (χ1) is 7.34. The van der Waals surface area contributed by atoms with E-state index in [9.17, 15) is 18.0 Å². The molecule has 0 aromatic carbocycles. The third kappa shape index (κ3) is 3.24. The van der Waals surface area contributed by atoms with E-state index < -0.39 is 31.0 Å². The minimum Gasteiger partial charge on any atom is -0.465 e. The van der Waals surface area contributed by atoms with Gasteiger partial charge >= 0.3 is 12.3 Å². The molecule has 0 bridgehead atoms. The average molecular weight is 242 g/mol. The van der Waals surface area contributed by atoms with Crippen LogP contribution in [-0.2, 0) is 0 Å². The standard InChI is InChI=1S/C8H13F3N2O3/c9-8(10,11)6(4-14)13-2-1-5(3-13)12-7(15)16/h5-6,12,14H,1-4H2,(H,15,16). The number of aliphatic hydroxyl groups is 1. The number of hydrogen-bond donors (Lipinski definition) is 3. The molecule has 2 atom stereocenters. The molecule has 1 aliphatic rings. The van der Waals surface area contributed by atoms with Crippen molar-refractivity contribution in [3.63, 3.8) is 0 Å². The van der Waals surface area contributed by atoms with Crippen molar-refractivity contribution in [3.05, 3.63) is 0 Å². The number of carbonyl (C=O) groups is 1. The van der Waals surface area contributed by atoms with E-state index in [-0.39, 0.29) is 13.1 Å². The van der Waals surface area contributed by atoms with Crippen LogP contribution < -0.4 is 5.32 Å². The highest BCUT2D eigenvalue weighted by Gasteiger charge is 2.45. The van der Waals surface area contributed by atoms with Crippen LogP contribution in [0.1, 0.15) is 6.42 Å². The fourth-order valence-electron chi connectivity index (χ4n) is 1.79. The van der Waals surface area contributed by atoms with Crippen LogP contribution in [0.4, 0.5) is 18.0 Å². The predicted octanol–water partition coefficient (Wildman–Crippen LogP) is 0.251. The lowest BCUT2D eigenvalue weighted by molar-refractivity contribution is -0.189. The summed E-state index contributed by atoms with van der Waals surface area (Å²) in [6, 6.07) is -2.41. The summed E-state index contributed by atoms with van der Waals surface area (Å²) in [4.78, 5) is 11.3. The number of likely N-dealkylation sites (tertiary alicyclic amines) is 1. The molecular weight excluding hydrogens is 229 g/mol. The molecule has 94 valence electrons. The van der Waals surface area contributed by atoms with Gasteiger partial charge in [0, 0.05) is 19.1 Å². The van der Waals surface area contributed by atoms with Crippen molar-refractivity contribution >= 4 is 6.09 Å². The molecule has 1 amide bonds. The van der Waals surface area contributed by atoms with E-state index in [4.69, 9.17) is 10.2 Å². The van der Waals surface area contributed by atoms with E-state index in [0.717, 1.165) is 4.90 Å². The normalized spacial score (nSPS) is 24.4. The molecule has 1 aliphatic heterocycles. The number of rotatable bonds is 3. The summed E-state index contributed by atoms with van der Waals surface area (Å²) in [5.41, 5.74) is 0. The van der Waals surface area contributed by atoms with Gasteiger partial charge in [0.05, 0.1) is 6.61 Å². The molecule has 2 unspecified atom stereocenters. The zero-order valence-electron chi connectivity index (χ0n) is 8.37. The second-order valence-electron chi connectivity index (χ2n) is 3.67. The molecule has 1 rings (SSSR count). The van der Waals surface area contributed by atoms with E-state index >= 15 is 0 Å². The molecule has 0 aromatic heterocycles. The SMILES string of the molecule is O=C(O)NC1CCN(C(CO)C(F)(F)F)C1. The number of alkyl halides is 3. The van der Waals surface area contributed by atoms with E-state index in [2.05, 4.69) is 5.32 Å². The van der Waals surface area contributed by atoms with Gasteiger partial charge < -0.3 is 15.5 Å². The maximum absolute atomic E-state index is 12.4. The molecule has 5 nitrogen and oxygen atoms in total. The molecule has 0 aliphatic carbocycles. The Bertz CT molecular complexity index is 259. The highest BCUT2D eigenvalue weighted by molar-refractivity contribution is 5.64. The van der Waals surface area contributed by atoms with E-state index in [0.29, 0.717) is 6.42 Å². The van der Waals surface area contributed by atoms with Crippen LogP contribution in [0, 0.1) is 0 Å². The fourth-order valence-corrected chi connectivity index (χ4v) is 1.79. The van der Waals surface area contributed by atoms with Gasteiger partial charge in [-0.05, 0) is 6.42 Å². The fraction of sp³-hybridized carbons (Fsp3) is 0.875. The smallest absolute Gasteiger partial charge is 0.406 e. The van der Waals surface area contributed by atoms with E-state index in [1.54, 1.807) is 0 Å². The van der Waals surface area contributed by atoms with Crippen LogP contribution >= 0.6 is 0 Å². The Labute approximate surface area is 89.8 Å². The van der Waals surface area contributed by atoms with Crippen LogP contribution in [0.15, 0.2) is 0 Å². The Morgan fingerprint density at radius 3 is 2.62 bits per heavy atom. The lowest BCUT2D eigenvalue weighted by Crippen LogP contribution is -2.48. The van der Waals surface area contributed by atoms with Crippen LogP contribution in [0.25, 0.3) is 0 Å². The van der Waals surface area contributed by atoms with Gasteiger partial charge in [-0.25, -0.2) is 4.79 Å². The molecule has 0 aromatic rings. The van der Waals surface area contributed by atoms with Gasteiger partial charge in [-0.2, -0.15) is 13.2 Å². The lowest BCUT2D eigenvalue weighted by Gasteiger charge is -2.27. The number of aliphatic hydroxyl groups excluding tert-OH is 1. The number of carboxylic acid groups (broad SMARTS) is 1. The van der Waals surface area contributed by atoms with Gasteiger partial charge in [-0.1, -0.05) is 0 Å². The molecule has 3 N–H and O–H groups in total. The van der Waals surface area contributed by atoms with Gasteiger partial charge in [0.2, 0.25) is 0 Å². The van der Waals surface area contributed by atoms with Crippen molar-refractivity contribution in [2.45, 2.75) is 24.7 Å². The van der Waals surface area contributed by atoms with Crippen LogP contribution in [0.3, 0.4) is 0 Å². The van der Waals surface area contributed by atoms with Crippen molar-refractivity contribution in [2.75, 3.05) is 19.7 Å². The van der Waals surface area contributed by atoms with Gasteiger partial charge in [-0.3, -0.25) is 4.90 Å². The van der Waals surface area contributed by atoms with Crippen LogP contribution in [0.2, 0.25) is 0 Å². The highest BCUT2D eigenvalue weighted by Crippen LogP contribution is 2.27. The summed E-state index contributed by atoms with van der Waals surface area (Å²) < 4.78 is 37.3. The lowest BCUT2D eigenvalue weighted by atomic mass is 10.2. The number of nitrogens with one attached hydrogen (secondary N) is 1. The van der Waals surface area contributed by atoms with Gasteiger partial charge in [0.15, 0.2) is 0 Å². The molecule has 0 radical (unpaired) electrons. The van der Waals surface area contributed by atoms with Crippen LogP contribution in [0.5, 0.6) is 0 Å². The third-order valence-corrected chi connectivity index (χ3v) is 2.54. The summed E-state index contributed by atoms with van der Waals surface area (Å²) in [7, 11) is 0. The van der Waals surface area contributed by atoms with Gasteiger partial charge in [-0.15, -0.1) is 0 Å². The summed E-state index contributed by atoms with van der Waals surface area (Å²) in [5.74, 6) is 0. The average Bonchev–Trinajstić information content (AvgIpc) is 2.50. The first kappa shape index (κ1) is 13.0. The van der Waals surface area contributed by atoms with Crippen molar-refractivity contribution in [1.29, 1.82) is 0 Å². The molecule has 0 saturated carbocycles. The van der Waals surface area contributed by atoms with Gasteiger partial charge in [0.25, 0.3) is 0 Å². The molecule has 8 heteroatoms. The predicted molar refractivity (Wildman–Crippen MR) is 48.1 cm³/mol. The zero-order chi connectivity index (χ0) is 12.3. The van der Waals surface area contributed by atoms with Crippen molar-refractivity contribution < 1.29 is 28.2 Å². The minimum absolute atomic E-state index is 0.0307. The highest BCUT2D eigenvalue weighted by atomic mass is 19.4. The zero-order valence-corrected chi connectivity index (χ0v) is 8.37. The van der Waals surface area contributed by atoms with E-state index in [1.165, 1.54) is 0 Å². The second kappa shape index (κ2) is 4.88. The first-order valence-corrected chi connectivity index (χ1v) is 4.75. The molecule has 16 heavy (non-hydrogen) atoms. The Morgan fingerprint density at radius 1 is 1.56 bits per heavy atom. The summed E-state index contributed by atoms with van der Waals surface area (Å²) in [6.07, 6.45) is -5.43. The maximum atomic E-state index is 12.4. The largest absolute Gasteiger partial charge is 0.465 e. The second-order valence-corrected chi connectivity index (χ2v) is 3.67. The van der Waals surface area contributed by atoms with E-state index in [1.807, 2.05) is 0 Å². The Morgan fingerprint density at radius 2 is 2.19 bits per heavy atom. The van der Waals surface area contributed by atoms with Gasteiger partial charge in [0.1, 0.15) is 6.04 Å². The quantitative estimate of drug-likeness (QED) is 0.663. The summed E-state index contributed by atoms with van der Waals surface area (Å²) >= 11 is 0. The molecule has 1 heterocycles. The van der Waals surface area contributed by atoms with Crippen LogP contribution in [-0.4, -0.2) is 59.2 Å². The topological polar surface area (TPSA) is 72.8 Å². The minimum atomic E-state index is -4.49. The molecule has 1 saturated heterocycles. The number of halogens is 3. The van der Waals surface area contributed by atoms with Crippen molar-refractivity contribution in [2.24, 2.45) is 0 Å². The summed E-state index contributed by atoms with van der Waals surface area (Å²) in [5, 5.41) is 19.2. The Kier molecular flexibility index (Phi) is 3.98. The third-order valence-electron chi connectivity index (χ3n) is 2.54. The molecular formula is C8H13F3N2O3. The molecule has 1 fully saturated rings. The monoisotopic (exact) mass is 242 g/mol. The Hall–Kier alpha value is -1.02. The molecule has 0 spiro atoms. The van der Waals surface area contributed by atoms with Crippen molar-refractivity contribution in [1.82, 2.24) is 10.2 Å².